The highest BCUT2D eigenvalue weighted by Gasteiger charge is 2.39. The number of nitrogens with one attached hydrogen (secondary N) is 5. The number of carbonyl (C=O) groups is 4. The van der Waals surface area contributed by atoms with Crippen LogP contribution in [0, 0.1) is 11.8 Å². The van der Waals surface area contributed by atoms with Crippen molar-refractivity contribution in [3.63, 3.8) is 0 Å². The van der Waals surface area contributed by atoms with Gasteiger partial charge in [0.2, 0.25) is 11.8 Å². The number of alkyl carbamates (subject to hydrolysis) is 2. The van der Waals surface area contributed by atoms with Crippen LogP contribution in [-0.4, -0.2) is 98.1 Å². The zero-order valence-corrected chi connectivity index (χ0v) is 33.8. The summed E-state index contributed by atoms with van der Waals surface area (Å²) in [6, 6.07) is 11.0. The Morgan fingerprint density at radius 1 is 0.724 bits per heavy atom. The average molecular weight is 790 g/mol. The third kappa shape index (κ3) is 7.06. The predicted molar refractivity (Wildman–Crippen MR) is 217 cm³/mol. The highest BCUT2D eigenvalue weighted by molar-refractivity contribution is 5.97. The van der Waals surface area contributed by atoms with Gasteiger partial charge in [-0.3, -0.25) is 9.59 Å². The Labute approximate surface area is 336 Å². The largest absolute Gasteiger partial charge is 0.453 e. The number of amides is 4. The van der Waals surface area contributed by atoms with Crippen LogP contribution in [0.25, 0.3) is 44.7 Å². The van der Waals surface area contributed by atoms with Crippen molar-refractivity contribution in [2.24, 2.45) is 11.8 Å². The van der Waals surface area contributed by atoms with Gasteiger partial charge in [0.15, 0.2) is 0 Å². The second-order valence-corrected chi connectivity index (χ2v) is 16.2. The normalized spacial score (nSPS) is 18.4. The van der Waals surface area contributed by atoms with Crippen LogP contribution in [0.2, 0.25) is 0 Å². The van der Waals surface area contributed by atoms with E-state index in [-0.39, 0.29) is 35.7 Å². The molecule has 5 N–H and O–H groups in total. The van der Waals surface area contributed by atoms with Gasteiger partial charge in [-0.15, -0.1) is 0 Å². The summed E-state index contributed by atoms with van der Waals surface area (Å²) in [7, 11) is 2.59. The first kappa shape index (κ1) is 38.7. The van der Waals surface area contributed by atoms with Crippen LogP contribution in [0.5, 0.6) is 0 Å². The van der Waals surface area contributed by atoms with Crippen molar-refractivity contribution in [2.75, 3.05) is 27.3 Å². The lowest BCUT2D eigenvalue weighted by Gasteiger charge is -2.30. The predicted octanol–water partition coefficient (Wildman–Crippen LogP) is 6.61. The molecule has 8 rings (SSSR count). The maximum atomic E-state index is 13.7. The van der Waals surface area contributed by atoms with Crippen LogP contribution in [0.4, 0.5) is 9.59 Å². The minimum atomic E-state index is -0.695. The molecule has 1 aliphatic carbocycles. The molecular weight excluding hydrogens is 739 g/mol. The number of H-pyrrole nitrogens is 3. The van der Waals surface area contributed by atoms with E-state index in [1.807, 2.05) is 49.9 Å². The highest BCUT2D eigenvalue weighted by Crippen LogP contribution is 2.43. The molecule has 4 amide bonds. The summed E-state index contributed by atoms with van der Waals surface area (Å²) < 4.78 is 9.56. The highest BCUT2D eigenvalue weighted by atomic mass is 16.5. The number of imidazole rings is 2. The van der Waals surface area contributed by atoms with Gasteiger partial charge in [-0.1, -0.05) is 45.9 Å². The zero-order chi connectivity index (χ0) is 40.8. The zero-order valence-electron chi connectivity index (χ0n) is 33.8. The molecule has 1 unspecified atom stereocenters. The van der Waals surface area contributed by atoms with Crippen LogP contribution in [0.15, 0.2) is 48.8 Å². The van der Waals surface area contributed by atoms with Crippen LogP contribution < -0.4 is 10.6 Å². The molecular formula is C43H51N9O6. The molecule has 0 bridgehead atoms. The Hall–Kier alpha value is -6.12. The van der Waals surface area contributed by atoms with Crippen LogP contribution in [0.1, 0.15) is 88.2 Å². The molecule has 304 valence electrons. The topological polar surface area (TPSA) is 190 Å². The summed E-state index contributed by atoms with van der Waals surface area (Å²) in [6.07, 6.45) is 6.44. The monoisotopic (exact) mass is 789 g/mol. The van der Waals surface area contributed by atoms with Gasteiger partial charge in [0.25, 0.3) is 0 Å². The van der Waals surface area contributed by atoms with Gasteiger partial charge in [-0.25, -0.2) is 19.6 Å². The Morgan fingerprint density at radius 3 is 1.76 bits per heavy atom. The lowest BCUT2D eigenvalue weighted by Crippen LogP contribution is -2.51. The number of benzene rings is 2. The summed E-state index contributed by atoms with van der Waals surface area (Å²) in [5.74, 6) is 0.962. The van der Waals surface area contributed by atoms with Crippen LogP contribution >= 0.6 is 0 Å². The van der Waals surface area contributed by atoms with Crippen molar-refractivity contribution in [1.82, 2.24) is 45.4 Å². The maximum Gasteiger partial charge on any atom is 0.407 e. The lowest BCUT2D eigenvalue weighted by atomic mass is 10.0. The van der Waals surface area contributed by atoms with Gasteiger partial charge in [0.05, 0.1) is 55.8 Å². The van der Waals surface area contributed by atoms with E-state index in [0.717, 1.165) is 88.4 Å². The van der Waals surface area contributed by atoms with E-state index in [4.69, 9.17) is 19.4 Å². The Balaban J connectivity index is 0.989. The van der Waals surface area contributed by atoms with E-state index < -0.39 is 24.3 Å². The smallest absolute Gasteiger partial charge is 0.407 e. The van der Waals surface area contributed by atoms with Gasteiger partial charge in [-0.2, -0.15) is 0 Å². The van der Waals surface area contributed by atoms with Gasteiger partial charge in [-0.05, 0) is 72.4 Å². The van der Waals surface area contributed by atoms with Gasteiger partial charge in [0.1, 0.15) is 23.7 Å². The minimum absolute atomic E-state index is 0.109. The second-order valence-electron chi connectivity index (χ2n) is 16.2. The number of rotatable bonds is 10. The van der Waals surface area contributed by atoms with E-state index in [1.54, 1.807) is 0 Å². The van der Waals surface area contributed by atoms with E-state index in [9.17, 15) is 19.2 Å². The van der Waals surface area contributed by atoms with Crippen molar-refractivity contribution in [2.45, 2.75) is 84.0 Å². The van der Waals surface area contributed by atoms with Crippen LogP contribution in [0.3, 0.4) is 0 Å². The molecule has 2 aliphatic heterocycles. The first-order valence-corrected chi connectivity index (χ1v) is 20.1. The van der Waals surface area contributed by atoms with Crippen molar-refractivity contribution < 1.29 is 28.7 Å². The molecule has 58 heavy (non-hydrogen) atoms. The number of aromatic nitrogens is 5. The van der Waals surface area contributed by atoms with Crippen molar-refractivity contribution in [1.29, 1.82) is 0 Å². The second kappa shape index (κ2) is 15.7. The quantitative estimate of drug-likeness (QED) is 0.102. The maximum absolute atomic E-state index is 13.7. The number of hydrogen-bond donors (Lipinski definition) is 5. The average Bonchev–Trinajstić information content (AvgIpc) is 4.07. The standard InChI is InChI=1S/C43H51N9O6/c1-22(2)35(49-42(55)57-5)40(53)51-15-7-9-33(51)38-44-20-31(47-38)24-11-13-27-26(17-24)19-29-28-18-25(12-14-30(28)46-37(27)29)32-21-45-39(48-32)34-10-8-16-52(34)41(54)36(23(3)4)50-43(56)58-6/h11-14,17-18,20-23,33-36,46H,7-10,15-16,19H2,1-6H3,(H,44,47)(H,45,48)(H,49,55)(H,50,56)/t33-,34-,35?,36-/m0/s1. The van der Waals surface area contributed by atoms with Crippen LogP contribution in [-0.2, 0) is 25.5 Å². The molecule has 3 aromatic heterocycles. The summed E-state index contributed by atoms with van der Waals surface area (Å²) in [4.78, 5) is 75.2. The third-order valence-electron chi connectivity index (χ3n) is 11.9. The Kier molecular flexibility index (Phi) is 10.5. The van der Waals surface area contributed by atoms with Crippen molar-refractivity contribution in [3.05, 3.63) is 71.6 Å². The van der Waals surface area contributed by atoms with E-state index >= 15 is 0 Å². The number of nitrogens with zero attached hydrogens (tertiary/aromatic N) is 4. The van der Waals surface area contributed by atoms with Crippen molar-refractivity contribution in [3.8, 4) is 33.8 Å². The van der Waals surface area contributed by atoms with E-state index in [2.05, 4.69) is 62.0 Å². The molecule has 5 heterocycles. The molecule has 2 fully saturated rings. The number of likely N-dealkylation sites (tertiary alicyclic amines) is 2. The summed E-state index contributed by atoms with van der Waals surface area (Å²) in [5.41, 5.74) is 9.55. The molecule has 0 radical (unpaired) electrons. The summed E-state index contributed by atoms with van der Waals surface area (Å²) >= 11 is 0. The molecule has 3 aliphatic rings. The number of methoxy groups -OCH3 is 2. The lowest BCUT2D eigenvalue weighted by molar-refractivity contribution is -0.136. The fourth-order valence-electron chi connectivity index (χ4n) is 8.86. The number of aromatic amines is 3. The minimum Gasteiger partial charge on any atom is -0.453 e. The van der Waals surface area contributed by atoms with Gasteiger partial charge < -0.3 is 44.9 Å². The molecule has 2 aromatic carbocycles. The van der Waals surface area contributed by atoms with Gasteiger partial charge >= 0.3 is 12.2 Å². The molecule has 2 saturated heterocycles. The first-order chi connectivity index (χ1) is 27.9. The van der Waals surface area contributed by atoms with Crippen molar-refractivity contribution >= 4 is 34.9 Å². The summed E-state index contributed by atoms with van der Waals surface area (Å²) in [5, 5.41) is 6.56. The van der Waals surface area contributed by atoms with E-state index in [1.165, 1.54) is 25.3 Å². The number of fused-ring (bicyclic) bond motifs is 5. The fourth-order valence-corrected chi connectivity index (χ4v) is 8.86. The number of carbonyl (C=O) groups excluding carboxylic acids is 4. The van der Waals surface area contributed by atoms with E-state index in [0.29, 0.717) is 13.1 Å². The van der Waals surface area contributed by atoms with Gasteiger partial charge in [0, 0.05) is 41.5 Å². The molecule has 0 saturated carbocycles. The Morgan fingerprint density at radius 2 is 1.24 bits per heavy atom. The molecule has 15 heteroatoms. The molecule has 4 atom stereocenters. The molecule has 5 aromatic rings. The third-order valence-corrected chi connectivity index (χ3v) is 11.9. The molecule has 15 nitrogen and oxygen atoms in total. The molecule has 0 spiro atoms. The SMILES string of the molecule is COC(=O)NC(C(=O)N1CCC[C@H]1c1ncc(-c2ccc3c(c2)Cc2c-3[nH]c3ccc(-c4cnc([C@@H]5CCCN5C(=O)[C@@H](NC(=O)OC)C(C)C)[nH]4)cc23)[nH]1)C(C)C. The first-order valence-electron chi connectivity index (χ1n) is 20.1. The number of ether oxygens (including phenoxy) is 2. The number of hydrogen-bond acceptors (Lipinski definition) is 8. The Bertz CT molecular complexity index is 2380. The fraction of sp³-hybridized carbons (Fsp3) is 0.442. The summed E-state index contributed by atoms with van der Waals surface area (Å²) in [6.45, 7) is 8.81.